The van der Waals surface area contributed by atoms with Crippen LogP contribution in [0.3, 0.4) is 0 Å². The quantitative estimate of drug-likeness (QED) is 0.731. The van der Waals surface area contributed by atoms with E-state index in [-0.39, 0.29) is 24.3 Å². The van der Waals surface area contributed by atoms with Gasteiger partial charge in [0.05, 0.1) is 6.54 Å². The van der Waals surface area contributed by atoms with Crippen LogP contribution in [0.2, 0.25) is 5.02 Å². The van der Waals surface area contributed by atoms with Gasteiger partial charge in [0, 0.05) is 27.4 Å². The molecule has 2 aromatic rings. The topological polar surface area (TPSA) is 87.3 Å². The standard InChI is InChI=1S/C20H22ClN3O3/c1-20(2,3)19(27)24-16-9-5-8-15(11-16)23-17(25)12-22-18(26)13-6-4-7-14(21)10-13/h4-11H,12H2,1-3H3,(H,22,26)(H,23,25)(H,24,27). The van der Waals surface area contributed by atoms with Crippen molar-refractivity contribution in [1.82, 2.24) is 5.32 Å². The molecule has 0 fully saturated rings. The molecule has 0 aliphatic carbocycles. The molecular weight excluding hydrogens is 366 g/mol. The van der Waals surface area contributed by atoms with E-state index in [0.29, 0.717) is 22.0 Å². The van der Waals surface area contributed by atoms with Crippen LogP contribution in [0.4, 0.5) is 11.4 Å². The zero-order valence-electron chi connectivity index (χ0n) is 15.4. The van der Waals surface area contributed by atoms with Crippen molar-refractivity contribution in [3.05, 3.63) is 59.1 Å². The predicted octanol–water partition coefficient (Wildman–Crippen LogP) is 3.69. The maximum absolute atomic E-state index is 12.1. The van der Waals surface area contributed by atoms with Gasteiger partial charge in [0.1, 0.15) is 0 Å². The van der Waals surface area contributed by atoms with Gasteiger partial charge in [-0.3, -0.25) is 14.4 Å². The van der Waals surface area contributed by atoms with Crippen molar-refractivity contribution in [2.75, 3.05) is 17.2 Å². The first-order chi connectivity index (χ1) is 12.6. The first-order valence-electron chi connectivity index (χ1n) is 8.40. The Morgan fingerprint density at radius 2 is 1.56 bits per heavy atom. The third-order valence-corrected chi connectivity index (χ3v) is 3.82. The third-order valence-electron chi connectivity index (χ3n) is 3.58. The van der Waals surface area contributed by atoms with E-state index in [9.17, 15) is 14.4 Å². The lowest BCUT2D eigenvalue weighted by atomic mass is 9.95. The van der Waals surface area contributed by atoms with Crippen molar-refractivity contribution in [3.63, 3.8) is 0 Å². The minimum Gasteiger partial charge on any atom is -0.343 e. The highest BCUT2D eigenvalue weighted by Crippen LogP contribution is 2.20. The number of hydrogen-bond donors (Lipinski definition) is 3. The first-order valence-corrected chi connectivity index (χ1v) is 8.78. The number of carbonyl (C=O) groups is 3. The molecule has 7 heteroatoms. The van der Waals surface area contributed by atoms with Gasteiger partial charge < -0.3 is 16.0 Å². The lowest BCUT2D eigenvalue weighted by Crippen LogP contribution is -2.32. The molecule has 0 spiro atoms. The van der Waals surface area contributed by atoms with Crippen molar-refractivity contribution >= 4 is 40.7 Å². The number of nitrogens with one attached hydrogen (secondary N) is 3. The SMILES string of the molecule is CC(C)(C)C(=O)Nc1cccc(NC(=O)CNC(=O)c2cccc(Cl)c2)c1. The summed E-state index contributed by atoms with van der Waals surface area (Å²) in [6.45, 7) is 5.26. The van der Waals surface area contributed by atoms with Crippen LogP contribution in [0, 0.1) is 5.41 Å². The maximum Gasteiger partial charge on any atom is 0.251 e. The molecule has 0 aliphatic heterocycles. The normalized spacial score (nSPS) is 10.8. The molecule has 0 bridgehead atoms. The zero-order chi connectivity index (χ0) is 20.0. The number of benzene rings is 2. The van der Waals surface area contributed by atoms with Gasteiger partial charge in [-0.1, -0.05) is 44.5 Å². The molecule has 0 saturated carbocycles. The van der Waals surface area contributed by atoms with E-state index in [1.54, 1.807) is 42.5 Å². The molecule has 2 rings (SSSR count). The predicted molar refractivity (Wildman–Crippen MR) is 107 cm³/mol. The van der Waals surface area contributed by atoms with E-state index in [2.05, 4.69) is 16.0 Å². The molecule has 0 heterocycles. The van der Waals surface area contributed by atoms with E-state index in [4.69, 9.17) is 11.6 Å². The summed E-state index contributed by atoms with van der Waals surface area (Å²) in [5.74, 6) is -0.900. The second kappa shape index (κ2) is 8.68. The molecule has 0 atom stereocenters. The van der Waals surface area contributed by atoms with Gasteiger partial charge in [-0.25, -0.2) is 0 Å². The van der Waals surface area contributed by atoms with Gasteiger partial charge in [0.25, 0.3) is 5.91 Å². The molecule has 0 radical (unpaired) electrons. The summed E-state index contributed by atoms with van der Waals surface area (Å²) in [6.07, 6.45) is 0. The second-order valence-electron chi connectivity index (χ2n) is 7.03. The fourth-order valence-corrected chi connectivity index (χ4v) is 2.28. The largest absolute Gasteiger partial charge is 0.343 e. The fourth-order valence-electron chi connectivity index (χ4n) is 2.09. The molecule has 0 aliphatic rings. The van der Waals surface area contributed by atoms with Gasteiger partial charge in [-0.05, 0) is 36.4 Å². The molecule has 27 heavy (non-hydrogen) atoms. The highest BCUT2D eigenvalue weighted by atomic mass is 35.5. The lowest BCUT2D eigenvalue weighted by Gasteiger charge is -2.18. The average Bonchev–Trinajstić information content (AvgIpc) is 2.59. The molecule has 0 saturated heterocycles. The molecule has 2 aromatic carbocycles. The maximum atomic E-state index is 12.1. The Hall–Kier alpha value is -2.86. The summed E-state index contributed by atoms with van der Waals surface area (Å²) < 4.78 is 0. The fraction of sp³-hybridized carbons (Fsp3) is 0.250. The molecule has 3 N–H and O–H groups in total. The Morgan fingerprint density at radius 3 is 2.19 bits per heavy atom. The Balaban J connectivity index is 1.91. The second-order valence-corrected chi connectivity index (χ2v) is 7.46. The van der Waals surface area contributed by atoms with Crippen LogP contribution in [-0.4, -0.2) is 24.3 Å². The molecule has 142 valence electrons. The highest BCUT2D eigenvalue weighted by molar-refractivity contribution is 6.31. The van der Waals surface area contributed by atoms with Crippen LogP contribution in [-0.2, 0) is 9.59 Å². The summed E-state index contributed by atoms with van der Waals surface area (Å²) >= 11 is 5.85. The van der Waals surface area contributed by atoms with E-state index in [0.717, 1.165) is 0 Å². The summed E-state index contributed by atoms with van der Waals surface area (Å²) in [5.41, 5.74) is 0.950. The minimum absolute atomic E-state index is 0.125. The number of rotatable bonds is 5. The highest BCUT2D eigenvalue weighted by Gasteiger charge is 2.21. The van der Waals surface area contributed by atoms with E-state index in [1.807, 2.05) is 20.8 Å². The van der Waals surface area contributed by atoms with Crippen LogP contribution < -0.4 is 16.0 Å². The Morgan fingerprint density at radius 1 is 0.926 bits per heavy atom. The van der Waals surface area contributed by atoms with Crippen molar-refractivity contribution in [1.29, 1.82) is 0 Å². The minimum atomic E-state index is -0.524. The van der Waals surface area contributed by atoms with Gasteiger partial charge in [-0.2, -0.15) is 0 Å². The van der Waals surface area contributed by atoms with Crippen molar-refractivity contribution in [2.45, 2.75) is 20.8 Å². The number of hydrogen-bond acceptors (Lipinski definition) is 3. The average molecular weight is 388 g/mol. The van der Waals surface area contributed by atoms with Crippen molar-refractivity contribution < 1.29 is 14.4 Å². The van der Waals surface area contributed by atoms with E-state index in [1.165, 1.54) is 6.07 Å². The monoisotopic (exact) mass is 387 g/mol. The van der Waals surface area contributed by atoms with E-state index < -0.39 is 5.41 Å². The van der Waals surface area contributed by atoms with Gasteiger partial charge in [-0.15, -0.1) is 0 Å². The number of amides is 3. The summed E-state index contributed by atoms with van der Waals surface area (Å²) in [7, 11) is 0. The van der Waals surface area contributed by atoms with Crippen LogP contribution in [0.25, 0.3) is 0 Å². The third kappa shape index (κ3) is 6.42. The van der Waals surface area contributed by atoms with Gasteiger partial charge in [0.2, 0.25) is 11.8 Å². The van der Waals surface area contributed by atoms with Crippen LogP contribution in [0.15, 0.2) is 48.5 Å². The molecule has 0 aromatic heterocycles. The summed E-state index contributed by atoms with van der Waals surface area (Å²) in [4.78, 5) is 36.1. The van der Waals surface area contributed by atoms with Gasteiger partial charge >= 0.3 is 0 Å². The van der Waals surface area contributed by atoms with E-state index >= 15 is 0 Å². The van der Waals surface area contributed by atoms with Crippen LogP contribution in [0.5, 0.6) is 0 Å². The Bertz CT molecular complexity index is 860. The number of anilines is 2. The molecule has 6 nitrogen and oxygen atoms in total. The zero-order valence-corrected chi connectivity index (χ0v) is 16.2. The summed E-state index contributed by atoms with van der Waals surface area (Å²) in [5, 5.41) is 8.46. The van der Waals surface area contributed by atoms with Gasteiger partial charge in [0.15, 0.2) is 0 Å². The van der Waals surface area contributed by atoms with Crippen molar-refractivity contribution in [3.8, 4) is 0 Å². The smallest absolute Gasteiger partial charge is 0.251 e. The molecular formula is C20H22ClN3O3. The molecule has 3 amide bonds. The Kier molecular flexibility index (Phi) is 6.58. The molecule has 0 unspecified atom stereocenters. The summed E-state index contributed by atoms with van der Waals surface area (Å²) in [6, 6.07) is 13.3. The Labute approximate surface area is 163 Å². The van der Waals surface area contributed by atoms with Crippen LogP contribution >= 0.6 is 11.6 Å². The van der Waals surface area contributed by atoms with Crippen LogP contribution in [0.1, 0.15) is 31.1 Å². The first kappa shape index (κ1) is 20.5. The number of halogens is 1. The van der Waals surface area contributed by atoms with Crippen molar-refractivity contribution in [2.24, 2.45) is 5.41 Å². The number of carbonyl (C=O) groups excluding carboxylic acids is 3. The lowest BCUT2D eigenvalue weighted by molar-refractivity contribution is -0.123.